The summed E-state index contributed by atoms with van der Waals surface area (Å²) in [5.41, 5.74) is 5.04. The molecule has 2 aliphatic rings. The van der Waals surface area contributed by atoms with E-state index in [2.05, 4.69) is 17.6 Å². The number of amides is 1. The van der Waals surface area contributed by atoms with Crippen LogP contribution in [0.4, 0.5) is 5.69 Å². The first-order valence-electron chi connectivity index (χ1n) is 14.5. The van der Waals surface area contributed by atoms with Gasteiger partial charge in [0.25, 0.3) is 5.91 Å². The number of ketones is 1. The zero-order valence-electron chi connectivity index (χ0n) is 25.3. The molecule has 0 radical (unpaired) electrons. The molecule has 0 spiro atoms. The summed E-state index contributed by atoms with van der Waals surface area (Å²) in [6, 6.07) is 20.8. The maximum Gasteiger partial charge on any atom is 0.254 e. The van der Waals surface area contributed by atoms with Gasteiger partial charge in [0.2, 0.25) is 0 Å². The second-order valence-electron chi connectivity index (χ2n) is 10.7. The van der Waals surface area contributed by atoms with Gasteiger partial charge in [-0.15, -0.1) is 0 Å². The van der Waals surface area contributed by atoms with E-state index in [9.17, 15) is 9.59 Å². The van der Waals surface area contributed by atoms with E-state index in [0.717, 1.165) is 29.0 Å². The molecule has 0 fully saturated rings. The summed E-state index contributed by atoms with van der Waals surface area (Å²) in [4.78, 5) is 28.0. The highest BCUT2D eigenvalue weighted by Gasteiger charge is 2.41. The monoisotopic (exact) mass is 582 g/mol. The van der Waals surface area contributed by atoms with Crippen LogP contribution in [-0.4, -0.2) is 39.6 Å². The van der Waals surface area contributed by atoms with Gasteiger partial charge < -0.3 is 29.6 Å². The highest BCUT2D eigenvalue weighted by molar-refractivity contribution is 6.10. The molecule has 2 atom stereocenters. The molecule has 0 unspecified atom stereocenters. The molecule has 43 heavy (non-hydrogen) atoms. The van der Waals surface area contributed by atoms with Crippen LogP contribution in [0.15, 0.2) is 89.3 Å². The van der Waals surface area contributed by atoms with Gasteiger partial charge >= 0.3 is 0 Å². The Bertz CT molecular complexity index is 1570. The fraction of sp³-hybridized carbons (Fsp3) is 0.314. The summed E-state index contributed by atoms with van der Waals surface area (Å²) >= 11 is 0. The standard InChI is InChI=1S/C35H38N2O6/c1-6-17-43-25-14-11-22(12-15-25)33-32(35(39)37-26-9-7-8-10-29(26)40-3)21(2)36-27-18-24(19-28(38)34(27)33)23-13-16-30(41-4)31(20-23)42-5/h7-16,20,24,33,36H,6,17-19H2,1-5H3,(H,37,39)/t24-,33+/m1/s1. The van der Waals surface area contributed by atoms with Crippen molar-refractivity contribution in [1.82, 2.24) is 5.32 Å². The number of carbonyl (C=O) groups is 2. The van der Waals surface area contributed by atoms with Crippen molar-refractivity contribution < 1.29 is 28.5 Å². The number of para-hydroxylation sites is 2. The van der Waals surface area contributed by atoms with Crippen molar-refractivity contribution in [1.29, 1.82) is 0 Å². The highest BCUT2D eigenvalue weighted by Crippen LogP contribution is 2.47. The molecular formula is C35H38N2O6. The number of ether oxygens (including phenoxy) is 4. The van der Waals surface area contributed by atoms with Gasteiger partial charge in [-0.1, -0.05) is 37.3 Å². The van der Waals surface area contributed by atoms with Gasteiger partial charge in [0.1, 0.15) is 11.5 Å². The summed E-state index contributed by atoms with van der Waals surface area (Å²) in [5.74, 6) is 1.66. The molecule has 0 saturated carbocycles. The average Bonchev–Trinajstić information content (AvgIpc) is 3.03. The van der Waals surface area contributed by atoms with Crippen LogP contribution >= 0.6 is 0 Å². The molecule has 8 heteroatoms. The van der Waals surface area contributed by atoms with Crippen LogP contribution in [0.2, 0.25) is 0 Å². The third-order valence-electron chi connectivity index (χ3n) is 7.99. The Morgan fingerprint density at radius 2 is 1.58 bits per heavy atom. The molecule has 0 aromatic heterocycles. The predicted molar refractivity (Wildman–Crippen MR) is 166 cm³/mol. The second kappa shape index (κ2) is 13.1. The van der Waals surface area contributed by atoms with Crippen molar-refractivity contribution in [3.8, 4) is 23.0 Å². The second-order valence-corrected chi connectivity index (χ2v) is 10.7. The molecule has 2 N–H and O–H groups in total. The van der Waals surface area contributed by atoms with E-state index in [-0.39, 0.29) is 17.6 Å². The van der Waals surface area contributed by atoms with Crippen molar-refractivity contribution >= 4 is 17.4 Å². The number of nitrogens with one attached hydrogen (secondary N) is 2. The van der Waals surface area contributed by atoms with Crippen molar-refractivity contribution in [2.75, 3.05) is 33.3 Å². The molecular weight excluding hydrogens is 544 g/mol. The van der Waals surface area contributed by atoms with Crippen LogP contribution in [-0.2, 0) is 9.59 Å². The smallest absolute Gasteiger partial charge is 0.254 e. The number of rotatable bonds is 10. The SMILES string of the molecule is CCCOc1ccc([C@H]2C(C(=O)Nc3ccccc3OC)=C(C)NC3=C2C(=O)C[C@H](c2ccc(OC)c(OC)c2)C3)cc1. The van der Waals surface area contributed by atoms with Crippen LogP contribution in [0.3, 0.4) is 0 Å². The number of benzene rings is 3. The minimum Gasteiger partial charge on any atom is -0.495 e. The van der Waals surface area contributed by atoms with Gasteiger partial charge in [-0.05, 0) is 73.2 Å². The third kappa shape index (κ3) is 6.09. The molecule has 1 aliphatic heterocycles. The molecule has 1 heterocycles. The maximum absolute atomic E-state index is 14.1. The summed E-state index contributed by atoms with van der Waals surface area (Å²) in [5, 5.41) is 6.47. The van der Waals surface area contributed by atoms with E-state index in [1.54, 1.807) is 33.5 Å². The Balaban J connectivity index is 1.54. The lowest BCUT2D eigenvalue weighted by Crippen LogP contribution is -2.37. The lowest BCUT2D eigenvalue weighted by molar-refractivity contribution is -0.116. The van der Waals surface area contributed by atoms with Gasteiger partial charge in [0, 0.05) is 34.9 Å². The number of carbonyl (C=O) groups excluding carboxylic acids is 2. The first kappa shape index (κ1) is 29.8. The van der Waals surface area contributed by atoms with Crippen LogP contribution in [0.25, 0.3) is 0 Å². The number of hydrogen-bond donors (Lipinski definition) is 2. The Hall–Kier alpha value is -4.72. The summed E-state index contributed by atoms with van der Waals surface area (Å²) in [6.45, 7) is 4.56. The summed E-state index contributed by atoms with van der Waals surface area (Å²) in [6.07, 6.45) is 1.82. The van der Waals surface area contributed by atoms with E-state index >= 15 is 0 Å². The minimum absolute atomic E-state index is 0.0000592. The summed E-state index contributed by atoms with van der Waals surface area (Å²) < 4.78 is 22.2. The van der Waals surface area contributed by atoms with Crippen LogP contribution in [0.5, 0.6) is 23.0 Å². The van der Waals surface area contributed by atoms with Gasteiger partial charge in [0.15, 0.2) is 17.3 Å². The number of Topliss-reactive ketones (excluding diaryl/α,β-unsaturated/α-hetero) is 1. The largest absolute Gasteiger partial charge is 0.495 e. The zero-order valence-corrected chi connectivity index (χ0v) is 25.3. The number of hydrogen-bond acceptors (Lipinski definition) is 7. The minimum atomic E-state index is -0.551. The van der Waals surface area contributed by atoms with Gasteiger partial charge in [-0.3, -0.25) is 9.59 Å². The topological polar surface area (TPSA) is 95.1 Å². The normalized spacial score (nSPS) is 18.0. The van der Waals surface area contributed by atoms with E-state index in [4.69, 9.17) is 18.9 Å². The van der Waals surface area contributed by atoms with Crippen molar-refractivity contribution in [3.63, 3.8) is 0 Å². The molecule has 1 aliphatic carbocycles. The molecule has 0 saturated heterocycles. The number of dihydropyridines is 1. The fourth-order valence-corrected chi connectivity index (χ4v) is 5.93. The Morgan fingerprint density at radius 3 is 2.28 bits per heavy atom. The quantitative estimate of drug-likeness (QED) is 0.282. The van der Waals surface area contributed by atoms with Crippen LogP contribution in [0.1, 0.15) is 56.1 Å². The molecule has 0 bridgehead atoms. The van der Waals surface area contributed by atoms with E-state index < -0.39 is 5.92 Å². The van der Waals surface area contributed by atoms with Gasteiger partial charge in [0.05, 0.1) is 33.6 Å². The van der Waals surface area contributed by atoms with Crippen molar-refractivity contribution in [3.05, 3.63) is 100 Å². The van der Waals surface area contributed by atoms with Crippen LogP contribution in [0, 0.1) is 0 Å². The number of methoxy groups -OCH3 is 3. The van der Waals surface area contributed by atoms with E-state index in [0.29, 0.717) is 59.2 Å². The lowest BCUT2D eigenvalue weighted by atomic mass is 9.71. The average molecular weight is 583 g/mol. The molecule has 1 amide bonds. The first-order chi connectivity index (χ1) is 20.9. The van der Waals surface area contributed by atoms with Crippen molar-refractivity contribution in [2.45, 2.75) is 44.9 Å². The Kier molecular flexibility index (Phi) is 9.04. The number of allylic oxidation sites excluding steroid dienone is 3. The molecule has 8 nitrogen and oxygen atoms in total. The first-order valence-corrected chi connectivity index (χ1v) is 14.5. The predicted octanol–water partition coefficient (Wildman–Crippen LogP) is 6.50. The molecule has 3 aromatic rings. The van der Waals surface area contributed by atoms with Gasteiger partial charge in [-0.2, -0.15) is 0 Å². The lowest BCUT2D eigenvalue weighted by Gasteiger charge is -2.37. The molecule has 3 aromatic carbocycles. The van der Waals surface area contributed by atoms with E-state index in [1.165, 1.54) is 0 Å². The van der Waals surface area contributed by atoms with Crippen LogP contribution < -0.4 is 29.6 Å². The number of anilines is 1. The Morgan fingerprint density at radius 1 is 0.884 bits per heavy atom. The fourth-order valence-electron chi connectivity index (χ4n) is 5.93. The van der Waals surface area contributed by atoms with E-state index in [1.807, 2.05) is 61.5 Å². The van der Waals surface area contributed by atoms with Crippen molar-refractivity contribution in [2.24, 2.45) is 0 Å². The Labute approximate surface area is 252 Å². The van der Waals surface area contributed by atoms with Gasteiger partial charge in [-0.25, -0.2) is 0 Å². The highest BCUT2D eigenvalue weighted by atomic mass is 16.5. The maximum atomic E-state index is 14.1. The molecule has 5 rings (SSSR count). The molecule has 224 valence electrons. The third-order valence-corrected chi connectivity index (χ3v) is 7.99. The zero-order chi connectivity index (χ0) is 30.5. The summed E-state index contributed by atoms with van der Waals surface area (Å²) in [7, 11) is 4.77.